The van der Waals surface area contributed by atoms with Crippen molar-refractivity contribution < 1.29 is 5.11 Å². The number of benzene rings is 1. The molecule has 0 unspecified atom stereocenters. The van der Waals surface area contributed by atoms with Gasteiger partial charge in [0, 0.05) is 12.1 Å². The molecule has 2 nitrogen and oxygen atoms in total. The summed E-state index contributed by atoms with van der Waals surface area (Å²) in [5.41, 5.74) is 3.55. The van der Waals surface area contributed by atoms with Crippen molar-refractivity contribution in [2.45, 2.75) is 72.3 Å². The standard InChI is InChI=1S/C18H31NO/c1-8-9-19-12-14-15(18(5,6)7)10-13(11-16(14)20)17(2,3)4/h10-11,19-20H,8-9,12H2,1-7H3. The molecule has 1 rings (SSSR count). The maximum Gasteiger partial charge on any atom is 0.120 e. The number of aromatic hydroxyl groups is 1. The molecule has 0 saturated heterocycles. The van der Waals surface area contributed by atoms with E-state index < -0.39 is 0 Å². The summed E-state index contributed by atoms with van der Waals surface area (Å²) in [5, 5.41) is 13.9. The Morgan fingerprint density at radius 1 is 1.00 bits per heavy atom. The van der Waals surface area contributed by atoms with Crippen LogP contribution in [-0.2, 0) is 17.4 Å². The molecule has 114 valence electrons. The molecule has 0 heterocycles. The van der Waals surface area contributed by atoms with Crippen molar-refractivity contribution in [2.75, 3.05) is 6.54 Å². The van der Waals surface area contributed by atoms with Crippen LogP contribution in [0.25, 0.3) is 0 Å². The van der Waals surface area contributed by atoms with Gasteiger partial charge in [0.15, 0.2) is 0 Å². The van der Waals surface area contributed by atoms with Gasteiger partial charge in [0.1, 0.15) is 5.75 Å². The predicted molar refractivity (Wildman–Crippen MR) is 87.5 cm³/mol. The van der Waals surface area contributed by atoms with Gasteiger partial charge in [0.25, 0.3) is 0 Å². The highest BCUT2D eigenvalue weighted by Crippen LogP contribution is 2.36. The van der Waals surface area contributed by atoms with Crippen LogP contribution < -0.4 is 5.32 Å². The molecule has 0 saturated carbocycles. The second kappa shape index (κ2) is 6.17. The van der Waals surface area contributed by atoms with Gasteiger partial charge < -0.3 is 10.4 Å². The SMILES string of the molecule is CCCNCc1c(O)cc(C(C)(C)C)cc1C(C)(C)C. The van der Waals surface area contributed by atoms with Crippen molar-refractivity contribution in [1.82, 2.24) is 5.32 Å². The van der Waals surface area contributed by atoms with Gasteiger partial charge in [-0.15, -0.1) is 0 Å². The van der Waals surface area contributed by atoms with Gasteiger partial charge in [0.05, 0.1) is 0 Å². The number of hydrogen-bond donors (Lipinski definition) is 2. The van der Waals surface area contributed by atoms with E-state index in [1.54, 1.807) is 0 Å². The van der Waals surface area contributed by atoms with E-state index in [9.17, 15) is 5.11 Å². The Hall–Kier alpha value is -1.02. The molecule has 1 aromatic carbocycles. The molecule has 0 aliphatic carbocycles. The van der Waals surface area contributed by atoms with Crippen molar-refractivity contribution in [3.63, 3.8) is 0 Å². The fourth-order valence-electron chi connectivity index (χ4n) is 2.33. The molecule has 0 radical (unpaired) electrons. The first-order chi connectivity index (χ1) is 9.07. The highest BCUT2D eigenvalue weighted by atomic mass is 16.3. The Kier molecular flexibility index (Phi) is 5.26. The summed E-state index contributed by atoms with van der Waals surface area (Å²) in [6.45, 7) is 17.0. The third kappa shape index (κ3) is 4.24. The van der Waals surface area contributed by atoms with Crippen LogP contribution in [-0.4, -0.2) is 11.7 Å². The third-order valence-corrected chi connectivity index (χ3v) is 3.63. The Morgan fingerprint density at radius 2 is 1.60 bits per heavy atom. The Bertz CT molecular complexity index is 450. The van der Waals surface area contributed by atoms with E-state index in [1.807, 2.05) is 6.07 Å². The zero-order chi connectivity index (χ0) is 15.6. The highest BCUT2D eigenvalue weighted by molar-refractivity contribution is 5.47. The van der Waals surface area contributed by atoms with E-state index in [1.165, 1.54) is 11.1 Å². The molecular formula is C18H31NO. The molecule has 20 heavy (non-hydrogen) atoms. The predicted octanol–water partition coefficient (Wildman–Crippen LogP) is 4.49. The van der Waals surface area contributed by atoms with Gasteiger partial charge in [-0.25, -0.2) is 0 Å². The molecule has 1 aromatic rings. The highest BCUT2D eigenvalue weighted by Gasteiger charge is 2.24. The molecule has 0 spiro atoms. The maximum absolute atomic E-state index is 10.5. The lowest BCUT2D eigenvalue weighted by atomic mass is 9.78. The molecule has 0 atom stereocenters. The van der Waals surface area contributed by atoms with Crippen LogP contribution in [0.5, 0.6) is 5.75 Å². The molecule has 0 bridgehead atoms. The molecule has 0 aromatic heterocycles. The molecule has 0 aliphatic heterocycles. The Morgan fingerprint density at radius 3 is 2.05 bits per heavy atom. The summed E-state index contributed by atoms with van der Waals surface area (Å²) in [5.74, 6) is 0.422. The first-order valence-corrected chi connectivity index (χ1v) is 7.65. The number of phenolic OH excluding ortho intramolecular Hbond substituents is 1. The van der Waals surface area contributed by atoms with E-state index in [4.69, 9.17) is 0 Å². The number of hydrogen-bond acceptors (Lipinski definition) is 2. The van der Waals surface area contributed by atoms with Crippen molar-refractivity contribution in [1.29, 1.82) is 0 Å². The lowest BCUT2D eigenvalue weighted by molar-refractivity contribution is 0.452. The third-order valence-electron chi connectivity index (χ3n) is 3.63. The average Bonchev–Trinajstić information content (AvgIpc) is 2.28. The number of rotatable bonds is 4. The first-order valence-electron chi connectivity index (χ1n) is 7.65. The zero-order valence-corrected chi connectivity index (χ0v) is 14.2. The summed E-state index contributed by atoms with van der Waals surface area (Å²) in [7, 11) is 0. The van der Waals surface area contributed by atoms with E-state index in [2.05, 4.69) is 59.8 Å². The van der Waals surface area contributed by atoms with Crippen LogP contribution in [0.2, 0.25) is 0 Å². The van der Waals surface area contributed by atoms with Gasteiger partial charge in [0.2, 0.25) is 0 Å². The van der Waals surface area contributed by atoms with Gasteiger partial charge in [-0.05, 0) is 41.0 Å². The summed E-state index contributed by atoms with van der Waals surface area (Å²) in [6.07, 6.45) is 1.10. The maximum atomic E-state index is 10.5. The van der Waals surface area contributed by atoms with E-state index in [0.29, 0.717) is 5.75 Å². The van der Waals surface area contributed by atoms with E-state index in [-0.39, 0.29) is 10.8 Å². The van der Waals surface area contributed by atoms with Gasteiger partial charge in [-0.3, -0.25) is 0 Å². The molecule has 0 amide bonds. The summed E-state index contributed by atoms with van der Waals surface area (Å²) in [6, 6.07) is 4.20. The second-order valence-electron chi connectivity index (χ2n) is 7.70. The lowest BCUT2D eigenvalue weighted by Crippen LogP contribution is -2.22. The van der Waals surface area contributed by atoms with Crippen LogP contribution in [0, 0.1) is 0 Å². The molecule has 0 aliphatic rings. The molecule has 2 heteroatoms. The van der Waals surface area contributed by atoms with Gasteiger partial charge >= 0.3 is 0 Å². The van der Waals surface area contributed by atoms with Crippen LogP contribution in [0.3, 0.4) is 0 Å². The monoisotopic (exact) mass is 277 g/mol. The quantitative estimate of drug-likeness (QED) is 0.795. The summed E-state index contributed by atoms with van der Waals surface area (Å²) >= 11 is 0. The molecular weight excluding hydrogens is 246 g/mol. The largest absolute Gasteiger partial charge is 0.508 e. The lowest BCUT2D eigenvalue weighted by Gasteiger charge is -2.28. The van der Waals surface area contributed by atoms with Crippen molar-refractivity contribution in [3.05, 3.63) is 28.8 Å². The summed E-state index contributed by atoms with van der Waals surface area (Å²) in [4.78, 5) is 0. The van der Waals surface area contributed by atoms with Gasteiger partial charge in [-0.2, -0.15) is 0 Å². The van der Waals surface area contributed by atoms with Crippen LogP contribution in [0.1, 0.15) is 71.6 Å². The zero-order valence-electron chi connectivity index (χ0n) is 14.2. The normalized spacial score (nSPS) is 12.8. The minimum absolute atomic E-state index is 0.0297. The second-order valence-corrected chi connectivity index (χ2v) is 7.70. The average molecular weight is 277 g/mol. The minimum Gasteiger partial charge on any atom is -0.508 e. The van der Waals surface area contributed by atoms with Gasteiger partial charge in [-0.1, -0.05) is 54.5 Å². The fraction of sp³-hybridized carbons (Fsp3) is 0.667. The Labute approximate surface area is 124 Å². The Balaban J connectivity index is 3.29. The van der Waals surface area contributed by atoms with E-state index >= 15 is 0 Å². The van der Waals surface area contributed by atoms with Crippen molar-refractivity contribution in [3.8, 4) is 5.75 Å². The minimum atomic E-state index is 0.0297. The van der Waals surface area contributed by atoms with Crippen LogP contribution in [0.4, 0.5) is 0 Å². The molecule has 2 N–H and O–H groups in total. The van der Waals surface area contributed by atoms with Crippen molar-refractivity contribution in [2.24, 2.45) is 0 Å². The fourth-order valence-corrected chi connectivity index (χ4v) is 2.33. The molecule has 0 fully saturated rings. The number of phenols is 1. The smallest absolute Gasteiger partial charge is 0.120 e. The summed E-state index contributed by atoms with van der Waals surface area (Å²) < 4.78 is 0. The van der Waals surface area contributed by atoms with Crippen LogP contribution >= 0.6 is 0 Å². The van der Waals surface area contributed by atoms with Crippen LogP contribution in [0.15, 0.2) is 12.1 Å². The topological polar surface area (TPSA) is 32.3 Å². The van der Waals surface area contributed by atoms with Crippen molar-refractivity contribution >= 4 is 0 Å². The van der Waals surface area contributed by atoms with E-state index in [0.717, 1.165) is 25.1 Å². The number of nitrogens with one attached hydrogen (secondary N) is 1. The first kappa shape index (κ1) is 17.0.